The van der Waals surface area contributed by atoms with E-state index >= 15 is 0 Å². The molecule has 1 heterocycles. The van der Waals surface area contributed by atoms with E-state index in [4.69, 9.17) is 0 Å². The topological polar surface area (TPSA) is 12.9 Å². The maximum absolute atomic E-state index is 4.16. The van der Waals surface area contributed by atoms with Crippen LogP contribution in [0.3, 0.4) is 0 Å². The van der Waals surface area contributed by atoms with Crippen molar-refractivity contribution in [2.45, 2.75) is 20.8 Å². The molecule has 60 valence electrons. The summed E-state index contributed by atoms with van der Waals surface area (Å²) in [4.78, 5) is 5.44. The number of hydrogen-bond acceptors (Lipinski definition) is 2. The molecule has 0 amide bonds. The first kappa shape index (κ1) is 8.47. The van der Waals surface area contributed by atoms with Gasteiger partial charge in [0.15, 0.2) is 0 Å². The van der Waals surface area contributed by atoms with Gasteiger partial charge in [-0.15, -0.1) is 11.3 Å². The van der Waals surface area contributed by atoms with Gasteiger partial charge in [-0.3, -0.25) is 0 Å². The standard InChI is InChI=1S/C9H13NS/c1-7(2)4-5-9-8(3)10-6-11-9/h4-7H,1-3H3/b5-4-. The van der Waals surface area contributed by atoms with Crippen molar-refractivity contribution in [2.75, 3.05) is 0 Å². The zero-order valence-corrected chi connectivity index (χ0v) is 7.98. The number of rotatable bonds is 2. The van der Waals surface area contributed by atoms with Crippen LogP contribution in [0, 0.1) is 12.8 Å². The fourth-order valence-corrected chi connectivity index (χ4v) is 1.46. The minimum atomic E-state index is 0.622. The third kappa shape index (κ3) is 2.46. The number of thiazole rings is 1. The van der Waals surface area contributed by atoms with E-state index in [1.54, 1.807) is 11.3 Å². The van der Waals surface area contributed by atoms with Crippen molar-refractivity contribution in [1.29, 1.82) is 0 Å². The molecule has 1 nitrogen and oxygen atoms in total. The van der Waals surface area contributed by atoms with E-state index in [9.17, 15) is 0 Å². The Bertz CT molecular complexity index is 248. The molecule has 0 bridgehead atoms. The molecular weight excluding hydrogens is 154 g/mol. The van der Waals surface area contributed by atoms with Gasteiger partial charge in [-0.2, -0.15) is 0 Å². The van der Waals surface area contributed by atoms with Crippen LogP contribution < -0.4 is 0 Å². The van der Waals surface area contributed by atoms with Gasteiger partial charge in [0.2, 0.25) is 0 Å². The van der Waals surface area contributed by atoms with Crippen molar-refractivity contribution in [3.05, 3.63) is 22.2 Å². The van der Waals surface area contributed by atoms with Gasteiger partial charge in [0.1, 0.15) is 0 Å². The highest BCUT2D eigenvalue weighted by atomic mass is 32.1. The van der Waals surface area contributed by atoms with E-state index in [2.05, 4.69) is 31.0 Å². The molecule has 0 saturated heterocycles. The molecular formula is C9H13NS. The lowest BCUT2D eigenvalue weighted by molar-refractivity contribution is 0.836. The summed E-state index contributed by atoms with van der Waals surface area (Å²) in [6.07, 6.45) is 4.35. The molecule has 0 aromatic carbocycles. The van der Waals surface area contributed by atoms with E-state index in [0.717, 1.165) is 5.69 Å². The van der Waals surface area contributed by atoms with Crippen molar-refractivity contribution in [2.24, 2.45) is 5.92 Å². The average Bonchev–Trinajstić information content (AvgIpc) is 2.31. The van der Waals surface area contributed by atoms with Crippen LogP contribution in [0.2, 0.25) is 0 Å². The van der Waals surface area contributed by atoms with Crippen LogP contribution >= 0.6 is 11.3 Å². The summed E-state index contributed by atoms with van der Waals surface area (Å²) in [5.74, 6) is 0.622. The Morgan fingerprint density at radius 2 is 2.27 bits per heavy atom. The number of hydrogen-bond donors (Lipinski definition) is 0. The molecule has 1 aromatic heterocycles. The van der Waals surface area contributed by atoms with Gasteiger partial charge < -0.3 is 0 Å². The van der Waals surface area contributed by atoms with E-state index in [1.807, 2.05) is 12.4 Å². The molecule has 1 rings (SSSR count). The summed E-state index contributed by atoms with van der Waals surface area (Å²) in [7, 11) is 0. The lowest BCUT2D eigenvalue weighted by Crippen LogP contribution is -1.77. The number of allylic oxidation sites excluding steroid dienone is 1. The van der Waals surface area contributed by atoms with Gasteiger partial charge in [0.05, 0.1) is 11.2 Å². The Morgan fingerprint density at radius 3 is 2.73 bits per heavy atom. The van der Waals surface area contributed by atoms with Gasteiger partial charge in [0.25, 0.3) is 0 Å². The Balaban J connectivity index is 2.71. The summed E-state index contributed by atoms with van der Waals surface area (Å²) >= 11 is 1.69. The lowest BCUT2D eigenvalue weighted by atomic mass is 10.2. The Kier molecular flexibility index (Phi) is 2.83. The summed E-state index contributed by atoms with van der Waals surface area (Å²) in [5, 5.41) is 0. The summed E-state index contributed by atoms with van der Waals surface area (Å²) in [6.45, 7) is 6.39. The predicted octanol–water partition coefficient (Wildman–Crippen LogP) is 3.12. The van der Waals surface area contributed by atoms with Gasteiger partial charge >= 0.3 is 0 Å². The monoisotopic (exact) mass is 167 g/mol. The van der Waals surface area contributed by atoms with E-state index < -0.39 is 0 Å². The third-order valence-electron chi connectivity index (χ3n) is 1.42. The van der Waals surface area contributed by atoms with Crippen molar-refractivity contribution >= 4 is 17.4 Å². The summed E-state index contributed by atoms with van der Waals surface area (Å²) < 4.78 is 0. The lowest BCUT2D eigenvalue weighted by Gasteiger charge is -1.92. The Labute approximate surface area is 71.8 Å². The van der Waals surface area contributed by atoms with Crippen LogP contribution in [-0.2, 0) is 0 Å². The number of aryl methyl sites for hydroxylation is 1. The van der Waals surface area contributed by atoms with Crippen molar-refractivity contribution < 1.29 is 0 Å². The van der Waals surface area contributed by atoms with Crippen LogP contribution in [0.25, 0.3) is 6.08 Å². The quantitative estimate of drug-likeness (QED) is 0.659. The van der Waals surface area contributed by atoms with Crippen LogP contribution in [0.5, 0.6) is 0 Å². The Hall–Kier alpha value is -0.630. The zero-order chi connectivity index (χ0) is 8.27. The second kappa shape index (κ2) is 3.67. The van der Waals surface area contributed by atoms with E-state index in [-0.39, 0.29) is 0 Å². The molecule has 0 aliphatic rings. The van der Waals surface area contributed by atoms with E-state index in [1.165, 1.54) is 4.88 Å². The van der Waals surface area contributed by atoms with Crippen LogP contribution in [0.1, 0.15) is 24.4 Å². The molecule has 0 spiro atoms. The SMILES string of the molecule is Cc1ncsc1/C=C\C(C)C. The smallest absolute Gasteiger partial charge is 0.0801 e. The van der Waals surface area contributed by atoms with E-state index in [0.29, 0.717) is 5.92 Å². The summed E-state index contributed by atoms with van der Waals surface area (Å²) in [6, 6.07) is 0. The van der Waals surface area contributed by atoms with Gasteiger partial charge in [-0.05, 0) is 18.9 Å². The maximum Gasteiger partial charge on any atom is 0.0801 e. The van der Waals surface area contributed by atoms with Crippen LogP contribution in [0.4, 0.5) is 0 Å². The third-order valence-corrected chi connectivity index (χ3v) is 2.31. The first-order valence-corrected chi connectivity index (χ1v) is 4.66. The van der Waals surface area contributed by atoms with Crippen molar-refractivity contribution in [3.63, 3.8) is 0 Å². The molecule has 0 radical (unpaired) electrons. The number of aromatic nitrogens is 1. The molecule has 0 atom stereocenters. The highest BCUT2D eigenvalue weighted by Crippen LogP contribution is 2.14. The normalized spacial score (nSPS) is 11.6. The fraction of sp³-hybridized carbons (Fsp3) is 0.444. The minimum absolute atomic E-state index is 0.622. The minimum Gasteiger partial charge on any atom is -0.249 e. The second-order valence-corrected chi connectivity index (χ2v) is 3.79. The predicted molar refractivity (Wildman–Crippen MR) is 50.7 cm³/mol. The summed E-state index contributed by atoms with van der Waals surface area (Å²) in [5.41, 5.74) is 3.02. The van der Waals surface area contributed by atoms with Crippen molar-refractivity contribution in [3.8, 4) is 0 Å². The molecule has 2 heteroatoms. The fourth-order valence-electron chi connectivity index (χ4n) is 0.751. The average molecular weight is 167 g/mol. The van der Waals surface area contributed by atoms with Gasteiger partial charge in [-0.1, -0.05) is 19.9 Å². The molecule has 0 N–H and O–H groups in total. The molecule has 1 aromatic rings. The zero-order valence-electron chi connectivity index (χ0n) is 7.16. The number of nitrogens with zero attached hydrogens (tertiary/aromatic N) is 1. The van der Waals surface area contributed by atoms with Crippen molar-refractivity contribution in [1.82, 2.24) is 4.98 Å². The maximum atomic E-state index is 4.16. The van der Waals surface area contributed by atoms with Crippen LogP contribution in [0.15, 0.2) is 11.6 Å². The second-order valence-electron chi connectivity index (χ2n) is 2.91. The first-order valence-electron chi connectivity index (χ1n) is 3.78. The molecule has 11 heavy (non-hydrogen) atoms. The molecule has 0 aliphatic heterocycles. The van der Waals surface area contributed by atoms with Crippen LogP contribution in [-0.4, -0.2) is 4.98 Å². The van der Waals surface area contributed by atoms with Gasteiger partial charge in [-0.25, -0.2) is 4.98 Å². The first-order chi connectivity index (χ1) is 5.20. The Morgan fingerprint density at radius 1 is 1.55 bits per heavy atom. The highest BCUT2D eigenvalue weighted by Gasteiger charge is 1.95. The molecule has 0 saturated carbocycles. The largest absolute Gasteiger partial charge is 0.249 e. The highest BCUT2D eigenvalue weighted by molar-refractivity contribution is 7.10. The molecule has 0 unspecified atom stereocenters. The molecule has 0 fully saturated rings. The molecule has 0 aliphatic carbocycles. The van der Waals surface area contributed by atoms with Gasteiger partial charge in [0, 0.05) is 4.88 Å².